The van der Waals surface area contributed by atoms with E-state index in [-0.39, 0.29) is 18.9 Å². The standard InChI is InChI=1S/C20H23FN4O6S/c1-24(15(26)11-32(2,30)31)14-4-3-9-25-18(14)23-16(17(27)20(25)29)19(28)22-10-12-5-7-13(21)8-6-12/h5-8,14,16H,3-4,9-11H2,1-2H3,(H,22,28). The number of nitrogens with zero attached hydrogens (tertiary/aromatic N) is 3. The molecule has 32 heavy (non-hydrogen) atoms. The van der Waals surface area contributed by atoms with Crippen LogP contribution in [-0.2, 0) is 35.6 Å². The number of carbonyl (C=O) groups excluding carboxylic acids is 4. The number of aliphatic imine (C=N–C) groups is 1. The van der Waals surface area contributed by atoms with Crippen LogP contribution in [0.1, 0.15) is 18.4 Å². The molecule has 1 aromatic carbocycles. The second-order valence-corrected chi connectivity index (χ2v) is 9.93. The summed E-state index contributed by atoms with van der Waals surface area (Å²) in [5.41, 5.74) is 0.588. The van der Waals surface area contributed by atoms with Crippen LogP contribution < -0.4 is 5.32 Å². The van der Waals surface area contributed by atoms with Crippen LogP contribution >= 0.6 is 0 Å². The van der Waals surface area contributed by atoms with Crippen molar-refractivity contribution < 1.29 is 32.0 Å². The number of amides is 3. The highest BCUT2D eigenvalue weighted by molar-refractivity contribution is 7.91. The van der Waals surface area contributed by atoms with Crippen molar-refractivity contribution in [2.75, 3.05) is 25.6 Å². The predicted molar refractivity (Wildman–Crippen MR) is 112 cm³/mol. The number of amidine groups is 1. The maximum atomic E-state index is 13.0. The molecule has 10 nitrogen and oxygen atoms in total. The van der Waals surface area contributed by atoms with Crippen LogP contribution in [0.5, 0.6) is 0 Å². The number of rotatable bonds is 6. The Morgan fingerprint density at radius 3 is 2.53 bits per heavy atom. The fourth-order valence-corrected chi connectivity index (χ4v) is 4.25. The molecular weight excluding hydrogens is 443 g/mol. The summed E-state index contributed by atoms with van der Waals surface area (Å²) in [6.45, 7) is 0.208. The number of carbonyl (C=O) groups is 4. The molecule has 0 radical (unpaired) electrons. The number of ketones is 1. The summed E-state index contributed by atoms with van der Waals surface area (Å²) in [5, 5.41) is 2.51. The van der Waals surface area contributed by atoms with Crippen molar-refractivity contribution in [3.63, 3.8) is 0 Å². The number of halogens is 1. The van der Waals surface area contributed by atoms with E-state index in [1.54, 1.807) is 0 Å². The molecule has 1 saturated heterocycles. The van der Waals surface area contributed by atoms with E-state index in [1.807, 2.05) is 0 Å². The van der Waals surface area contributed by atoms with Crippen LogP contribution in [0.15, 0.2) is 29.3 Å². The van der Waals surface area contributed by atoms with Gasteiger partial charge in [-0.1, -0.05) is 12.1 Å². The number of fused-ring (bicyclic) bond motifs is 1. The van der Waals surface area contributed by atoms with Crippen LogP contribution in [0.4, 0.5) is 4.39 Å². The SMILES string of the molecule is CN(C(=O)CS(C)(=O)=O)C1CCCN2C(=O)C(=O)C(C(=O)NCc3ccc(F)cc3)N=C12. The van der Waals surface area contributed by atoms with Crippen LogP contribution in [0.25, 0.3) is 0 Å². The van der Waals surface area contributed by atoms with Crippen molar-refractivity contribution in [1.82, 2.24) is 15.1 Å². The average Bonchev–Trinajstić information content (AvgIpc) is 2.73. The minimum absolute atomic E-state index is 0.00181. The topological polar surface area (TPSA) is 133 Å². The van der Waals surface area contributed by atoms with Gasteiger partial charge in [0.15, 0.2) is 15.9 Å². The second-order valence-electron chi connectivity index (χ2n) is 7.79. The van der Waals surface area contributed by atoms with Crippen molar-refractivity contribution in [3.8, 4) is 0 Å². The molecule has 2 heterocycles. The van der Waals surface area contributed by atoms with Gasteiger partial charge in [0.25, 0.3) is 17.6 Å². The Labute approximate surface area is 184 Å². The van der Waals surface area contributed by atoms with Gasteiger partial charge < -0.3 is 10.2 Å². The first kappa shape index (κ1) is 23.5. The molecule has 0 spiro atoms. The summed E-state index contributed by atoms with van der Waals surface area (Å²) in [6, 6.07) is 3.03. The van der Waals surface area contributed by atoms with Gasteiger partial charge in [0.2, 0.25) is 5.91 Å². The Hall–Kier alpha value is -3.15. The van der Waals surface area contributed by atoms with E-state index in [0.29, 0.717) is 18.4 Å². The Morgan fingerprint density at radius 1 is 1.25 bits per heavy atom. The average molecular weight is 466 g/mol. The van der Waals surface area contributed by atoms with E-state index in [2.05, 4.69) is 10.3 Å². The number of Topliss-reactive ketones (excluding diaryl/α,β-unsaturated/α-hetero) is 1. The normalized spacial score (nSPS) is 21.0. The van der Waals surface area contributed by atoms with Crippen LogP contribution in [0.3, 0.4) is 0 Å². The molecule has 12 heteroatoms. The number of benzene rings is 1. The van der Waals surface area contributed by atoms with E-state index in [1.165, 1.54) is 36.2 Å². The largest absolute Gasteiger partial charge is 0.350 e. The summed E-state index contributed by atoms with van der Waals surface area (Å²) in [6.07, 6.45) is 1.81. The molecule has 1 N–H and O–H groups in total. The fraction of sp³-hybridized carbons (Fsp3) is 0.450. The van der Waals surface area contributed by atoms with Gasteiger partial charge >= 0.3 is 0 Å². The molecule has 2 aliphatic rings. The van der Waals surface area contributed by atoms with Crippen LogP contribution in [0.2, 0.25) is 0 Å². The molecule has 0 aliphatic carbocycles. The molecule has 2 atom stereocenters. The quantitative estimate of drug-likeness (QED) is 0.435. The fourth-order valence-electron chi connectivity index (χ4n) is 3.60. The van der Waals surface area contributed by atoms with E-state index >= 15 is 0 Å². The molecule has 0 saturated carbocycles. The lowest BCUT2D eigenvalue weighted by Crippen LogP contribution is -2.61. The number of nitrogens with one attached hydrogen (secondary N) is 1. The van der Waals surface area contributed by atoms with Crippen molar-refractivity contribution >= 4 is 39.2 Å². The van der Waals surface area contributed by atoms with Gasteiger partial charge in [-0.05, 0) is 30.5 Å². The van der Waals surface area contributed by atoms with Crippen molar-refractivity contribution in [3.05, 3.63) is 35.6 Å². The van der Waals surface area contributed by atoms with Gasteiger partial charge in [0.1, 0.15) is 17.4 Å². The lowest BCUT2D eigenvalue weighted by Gasteiger charge is -2.41. The van der Waals surface area contributed by atoms with E-state index in [4.69, 9.17) is 0 Å². The summed E-state index contributed by atoms with van der Waals surface area (Å²) >= 11 is 0. The number of piperidine rings is 1. The monoisotopic (exact) mass is 466 g/mol. The summed E-state index contributed by atoms with van der Waals surface area (Å²) in [4.78, 5) is 56.7. The van der Waals surface area contributed by atoms with Gasteiger partial charge in [0, 0.05) is 26.4 Å². The first-order chi connectivity index (χ1) is 15.0. The third-order valence-corrected chi connectivity index (χ3v) is 6.05. The molecule has 0 bridgehead atoms. The summed E-state index contributed by atoms with van der Waals surface area (Å²) < 4.78 is 36.0. The molecule has 1 aromatic rings. The smallest absolute Gasteiger partial charge is 0.298 e. The predicted octanol–water partition coefficient (Wildman–Crippen LogP) is -0.714. The Morgan fingerprint density at radius 2 is 1.91 bits per heavy atom. The number of sulfone groups is 1. The highest BCUT2D eigenvalue weighted by atomic mass is 32.2. The van der Waals surface area contributed by atoms with E-state index in [0.717, 1.165) is 11.2 Å². The summed E-state index contributed by atoms with van der Waals surface area (Å²) in [5.74, 6) is -4.41. The maximum absolute atomic E-state index is 13.0. The number of hydrogen-bond acceptors (Lipinski definition) is 7. The van der Waals surface area contributed by atoms with Gasteiger partial charge in [-0.15, -0.1) is 0 Å². The third-order valence-electron chi connectivity index (χ3n) is 5.27. The van der Waals surface area contributed by atoms with E-state index in [9.17, 15) is 32.0 Å². The third kappa shape index (κ3) is 5.18. The zero-order valence-electron chi connectivity index (χ0n) is 17.6. The van der Waals surface area contributed by atoms with Crippen molar-refractivity contribution in [2.24, 2.45) is 4.99 Å². The van der Waals surface area contributed by atoms with Crippen LogP contribution in [-0.4, -0.2) is 85.2 Å². The van der Waals surface area contributed by atoms with Crippen molar-refractivity contribution in [1.29, 1.82) is 0 Å². The number of likely N-dealkylation sites (N-methyl/N-ethyl adjacent to an activating group) is 1. The second kappa shape index (κ2) is 9.15. The van der Waals surface area contributed by atoms with Crippen LogP contribution in [0, 0.1) is 5.82 Å². The zero-order valence-corrected chi connectivity index (χ0v) is 18.4. The molecule has 1 fully saturated rings. The Balaban J connectivity index is 1.81. The first-order valence-electron chi connectivity index (χ1n) is 9.87. The first-order valence-corrected chi connectivity index (χ1v) is 11.9. The molecule has 3 amide bonds. The lowest BCUT2D eigenvalue weighted by molar-refractivity contribution is -0.146. The summed E-state index contributed by atoms with van der Waals surface area (Å²) in [7, 11) is -2.17. The molecule has 2 aliphatic heterocycles. The molecule has 3 rings (SSSR count). The van der Waals surface area contributed by atoms with Gasteiger partial charge in [-0.25, -0.2) is 17.8 Å². The van der Waals surface area contributed by atoms with Gasteiger partial charge in [-0.2, -0.15) is 0 Å². The van der Waals surface area contributed by atoms with Crippen molar-refractivity contribution in [2.45, 2.75) is 31.5 Å². The zero-order chi connectivity index (χ0) is 23.6. The molecular formula is C20H23FN4O6S. The van der Waals surface area contributed by atoms with Gasteiger partial charge in [0.05, 0.1) is 6.04 Å². The molecule has 2 unspecified atom stereocenters. The molecule has 172 valence electrons. The Bertz CT molecular complexity index is 1090. The maximum Gasteiger partial charge on any atom is 0.298 e. The minimum Gasteiger partial charge on any atom is -0.350 e. The Kier molecular flexibility index (Phi) is 6.72. The minimum atomic E-state index is -3.57. The number of hydrogen-bond donors (Lipinski definition) is 1. The van der Waals surface area contributed by atoms with E-state index < -0.39 is 57.0 Å². The molecule has 0 aromatic heterocycles. The highest BCUT2D eigenvalue weighted by Gasteiger charge is 2.45. The highest BCUT2D eigenvalue weighted by Crippen LogP contribution is 2.23. The van der Waals surface area contributed by atoms with Gasteiger partial charge in [-0.3, -0.25) is 24.1 Å². The lowest BCUT2D eigenvalue weighted by atomic mass is 9.98.